The van der Waals surface area contributed by atoms with Crippen LogP contribution in [0.3, 0.4) is 0 Å². The Bertz CT molecular complexity index is 1350. The number of benzene rings is 1. The highest BCUT2D eigenvalue weighted by atomic mass is 16.1. The monoisotopic (exact) mass is 439 g/mol. The van der Waals surface area contributed by atoms with Crippen molar-refractivity contribution in [2.24, 2.45) is 7.05 Å². The normalized spacial score (nSPS) is 15.5. The van der Waals surface area contributed by atoms with Crippen molar-refractivity contribution in [3.63, 3.8) is 0 Å². The van der Waals surface area contributed by atoms with E-state index < -0.39 is 0 Å². The molecule has 2 aliphatic heterocycles. The van der Waals surface area contributed by atoms with Crippen molar-refractivity contribution in [3.05, 3.63) is 66.1 Å². The molecule has 8 nitrogen and oxygen atoms in total. The molecule has 4 aromatic rings. The number of pyridine rings is 2. The van der Waals surface area contributed by atoms with Crippen molar-refractivity contribution in [2.75, 3.05) is 36.4 Å². The Kier molecular flexibility index (Phi) is 4.73. The van der Waals surface area contributed by atoms with Gasteiger partial charge in [-0.2, -0.15) is 0 Å². The second-order valence-electron chi connectivity index (χ2n) is 8.48. The first kappa shape index (κ1) is 19.8. The number of piperazine rings is 1. The Morgan fingerprint density at radius 2 is 1.88 bits per heavy atom. The minimum Gasteiger partial charge on any atom is -0.368 e. The predicted molar refractivity (Wildman–Crippen MR) is 130 cm³/mol. The van der Waals surface area contributed by atoms with Gasteiger partial charge in [0, 0.05) is 57.6 Å². The molecule has 0 spiro atoms. The number of aromatic nitrogens is 3. The van der Waals surface area contributed by atoms with Crippen molar-refractivity contribution in [2.45, 2.75) is 6.54 Å². The molecule has 0 saturated carbocycles. The summed E-state index contributed by atoms with van der Waals surface area (Å²) in [5.41, 5.74) is 6.62. The average Bonchev–Trinajstić information content (AvgIpc) is 3.44. The summed E-state index contributed by atoms with van der Waals surface area (Å²) in [7, 11) is 1.99. The van der Waals surface area contributed by atoms with Crippen LogP contribution >= 0.6 is 0 Å². The molecule has 0 radical (unpaired) electrons. The highest BCUT2D eigenvalue weighted by Crippen LogP contribution is 2.37. The quantitative estimate of drug-likeness (QED) is 0.453. The Morgan fingerprint density at radius 3 is 2.70 bits per heavy atom. The third kappa shape index (κ3) is 3.39. The van der Waals surface area contributed by atoms with Gasteiger partial charge in [0.25, 0.3) is 5.91 Å². The lowest BCUT2D eigenvalue weighted by molar-refractivity contribution is 0.0966. The fraction of sp³-hybridized carbons (Fsp3) is 0.240. The van der Waals surface area contributed by atoms with Crippen molar-refractivity contribution in [1.29, 1.82) is 0 Å². The second kappa shape index (κ2) is 7.90. The van der Waals surface area contributed by atoms with E-state index in [2.05, 4.69) is 49.0 Å². The lowest BCUT2D eigenvalue weighted by Gasteiger charge is -2.29. The van der Waals surface area contributed by atoms with E-state index in [4.69, 9.17) is 0 Å². The average molecular weight is 440 g/mol. The minimum atomic E-state index is -0.0647. The molecule has 1 fully saturated rings. The third-order valence-electron chi connectivity index (χ3n) is 6.52. The highest BCUT2D eigenvalue weighted by Gasteiger charge is 2.27. The number of carbonyl (C=O) groups is 1. The zero-order valence-electron chi connectivity index (χ0n) is 18.4. The number of fused-ring (bicyclic) bond motifs is 2. The zero-order chi connectivity index (χ0) is 22.4. The topological polar surface area (TPSA) is 87.1 Å². The molecule has 1 amide bonds. The number of nitrogens with one attached hydrogen (secondary N) is 3. The van der Waals surface area contributed by atoms with Gasteiger partial charge in [0.15, 0.2) is 0 Å². The SMILES string of the molecule is Cn1ccc2c(-c3ccc(Nc4ccc(N5CCNCC5)cn4)c4c3CNC4=O)ccnc21. The van der Waals surface area contributed by atoms with Crippen LogP contribution in [-0.2, 0) is 13.6 Å². The molecule has 166 valence electrons. The van der Waals surface area contributed by atoms with E-state index >= 15 is 0 Å². The van der Waals surface area contributed by atoms with Crippen LogP contribution in [0.4, 0.5) is 17.2 Å². The summed E-state index contributed by atoms with van der Waals surface area (Å²) in [5, 5.41) is 10.8. The first-order valence-electron chi connectivity index (χ1n) is 11.2. The maximum Gasteiger partial charge on any atom is 0.254 e. The summed E-state index contributed by atoms with van der Waals surface area (Å²) in [6.07, 6.45) is 5.73. The lowest BCUT2D eigenvalue weighted by Crippen LogP contribution is -2.43. The van der Waals surface area contributed by atoms with Gasteiger partial charge in [0.1, 0.15) is 11.5 Å². The molecule has 33 heavy (non-hydrogen) atoms. The smallest absolute Gasteiger partial charge is 0.254 e. The van der Waals surface area contributed by atoms with Gasteiger partial charge in [0.2, 0.25) is 0 Å². The van der Waals surface area contributed by atoms with Crippen LogP contribution in [0.2, 0.25) is 0 Å². The van der Waals surface area contributed by atoms with E-state index in [1.54, 1.807) is 0 Å². The molecule has 6 rings (SSSR count). The van der Waals surface area contributed by atoms with Gasteiger partial charge in [-0.1, -0.05) is 6.07 Å². The first-order chi connectivity index (χ1) is 16.2. The molecule has 0 atom stereocenters. The molecule has 1 saturated heterocycles. The molecule has 3 N–H and O–H groups in total. The summed E-state index contributed by atoms with van der Waals surface area (Å²) in [6.45, 7) is 4.44. The van der Waals surface area contributed by atoms with E-state index in [1.165, 1.54) is 0 Å². The summed E-state index contributed by atoms with van der Waals surface area (Å²) in [4.78, 5) is 24.2. The molecule has 0 aliphatic carbocycles. The van der Waals surface area contributed by atoms with Gasteiger partial charge < -0.3 is 25.4 Å². The number of anilines is 3. The molecule has 1 aromatic carbocycles. The van der Waals surface area contributed by atoms with Gasteiger partial charge in [0.05, 0.1) is 23.1 Å². The Hall–Kier alpha value is -3.91. The molecule has 2 aliphatic rings. The van der Waals surface area contributed by atoms with Crippen molar-refractivity contribution in [3.8, 4) is 11.1 Å². The number of amides is 1. The van der Waals surface area contributed by atoms with Gasteiger partial charge in [-0.25, -0.2) is 9.97 Å². The van der Waals surface area contributed by atoms with Crippen LogP contribution in [0.1, 0.15) is 15.9 Å². The van der Waals surface area contributed by atoms with E-state index in [1.807, 2.05) is 48.4 Å². The molecule has 3 aromatic heterocycles. The first-order valence-corrected chi connectivity index (χ1v) is 11.2. The largest absolute Gasteiger partial charge is 0.368 e. The minimum absolute atomic E-state index is 0.0647. The number of hydrogen-bond acceptors (Lipinski definition) is 6. The summed E-state index contributed by atoms with van der Waals surface area (Å²) in [5.74, 6) is 0.656. The lowest BCUT2D eigenvalue weighted by atomic mass is 9.94. The van der Waals surface area contributed by atoms with E-state index in [-0.39, 0.29) is 5.91 Å². The van der Waals surface area contributed by atoms with E-state index in [0.29, 0.717) is 12.1 Å². The van der Waals surface area contributed by atoms with Gasteiger partial charge in [-0.15, -0.1) is 0 Å². The van der Waals surface area contributed by atoms with Crippen LogP contribution in [0, 0.1) is 0 Å². The van der Waals surface area contributed by atoms with E-state index in [9.17, 15) is 4.79 Å². The second-order valence-corrected chi connectivity index (χ2v) is 8.48. The van der Waals surface area contributed by atoms with Crippen LogP contribution in [0.15, 0.2) is 55.0 Å². The van der Waals surface area contributed by atoms with Crippen molar-refractivity contribution >= 4 is 34.1 Å². The zero-order valence-corrected chi connectivity index (χ0v) is 18.4. The van der Waals surface area contributed by atoms with Crippen LogP contribution in [0.25, 0.3) is 22.2 Å². The predicted octanol–water partition coefficient (Wildman–Crippen LogP) is 3.03. The van der Waals surface area contributed by atoms with Crippen LogP contribution < -0.4 is 20.9 Å². The maximum atomic E-state index is 12.8. The highest BCUT2D eigenvalue weighted by molar-refractivity contribution is 6.07. The van der Waals surface area contributed by atoms with E-state index in [0.717, 1.165) is 71.1 Å². The molecular formula is C25H25N7O. The Morgan fingerprint density at radius 1 is 1.00 bits per heavy atom. The molecular weight excluding hydrogens is 414 g/mol. The van der Waals surface area contributed by atoms with Gasteiger partial charge in [-0.3, -0.25) is 4.79 Å². The van der Waals surface area contributed by atoms with Gasteiger partial charge >= 0.3 is 0 Å². The van der Waals surface area contributed by atoms with Crippen LogP contribution in [0.5, 0.6) is 0 Å². The summed E-state index contributed by atoms with van der Waals surface area (Å²) >= 11 is 0. The fourth-order valence-corrected chi connectivity index (χ4v) is 4.81. The summed E-state index contributed by atoms with van der Waals surface area (Å²) in [6, 6.07) is 12.2. The maximum absolute atomic E-state index is 12.8. The molecule has 5 heterocycles. The van der Waals surface area contributed by atoms with Crippen LogP contribution in [-0.4, -0.2) is 46.6 Å². The standard InChI is InChI=1S/C25H25N7O/c1-31-11-7-19-18(6-8-27-24(19)31)17-3-4-21(23-20(17)15-29-25(23)33)30-22-5-2-16(14-28-22)32-12-9-26-10-13-32/h2-8,11,14,26H,9-10,12-13,15H2,1H3,(H,28,30)(H,29,33). The Balaban J connectivity index is 1.35. The fourth-order valence-electron chi connectivity index (χ4n) is 4.81. The number of hydrogen-bond donors (Lipinski definition) is 3. The third-order valence-corrected chi connectivity index (χ3v) is 6.52. The number of carbonyl (C=O) groups excluding carboxylic acids is 1. The summed E-state index contributed by atoms with van der Waals surface area (Å²) < 4.78 is 2.01. The molecule has 0 unspecified atom stereocenters. The Labute approximate surface area is 191 Å². The van der Waals surface area contributed by atoms with Gasteiger partial charge in [-0.05, 0) is 47.0 Å². The van der Waals surface area contributed by atoms with Crippen molar-refractivity contribution < 1.29 is 4.79 Å². The van der Waals surface area contributed by atoms with Crippen molar-refractivity contribution in [1.82, 2.24) is 25.2 Å². The number of nitrogens with zero attached hydrogens (tertiary/aromatic N) is 4. The number of aryl methyl sites for hydroxylation is 1. The molecule has 8 heteroatoms. The number of rotatable bonds is 4. The molecule has 0 bridgehead atoms.